The first-order valence-corrected chi connectivity index (χ1v) is 6.25. The zero-order valence-electron chi connectivity index (χ0n) is 11.8. The molecule has 0 bridgehead atoms. The highest BCUT2D eigenvalue weighted by molar-refractivity contribution is 6.22. The number of benzene rings is 1. The zero-order valence-corrected chi connectivity index (χ0v) is 11.8. The molecule has 108 valence electrons. The molecule has 1 aliphatic heterocycles. The Kier molecular flexibility index (Phi) is 3.57. The van der Waals surface area contributed by atoms with Crippen molar-refractivity contribution < 1.29 is 24.2 Å². The third-order valence-corrected chi connectivity index (χ3v) is 3.69. The molecule has 1 aromatic carbocycles. The Labute approximate surface area is 116 Å². The number of methoxy groups -OCH3 is 2. The van der Waals surface area contributed by atoms with Crippen LogP contribution < -0.4 is 14.4 Å². The number of aromatic hydroxyl groups is 1. The summed E-state index contributed by atoms with van der Waals surface area (Å²) in [7, 11) is 2.77. The van der Waals surface area contributed by atoms with E-state index in [0.717, 1.165) is 4.90 Å². The minimum atomic E-state index is -0.367. The molecule has 1 fully saturated rings. The highest BCUT2D eigenvalue weighted by atomic mass is 16.5. The quantitative estimate of drug-likeness (QED) is 0.850. The van der Waals surface area contributed by atoms with E-state index in [0.29, 0.717) is 5.69 Å². The van der Waals surface area contributed by atoms with Gasteiger partial charge in [0.1, 0.15) is 0 Å². The van der Waals surface area contributed by atoms with Crippen molar-refractivity contribution in [2.24, 2.45) is 11.8 Å². The monoisotopic (exact) mass is 279 g/mol. The average molecular weight is 279 g/mol. The summed E-state index contributed by atoms with van der Waals surface area (Å²) in [5.74, 6) is -1.14. The van der Waals surface area contributed by atoms with Gasteiger partial charge in [0.15, 0.2) is 11.5 Å². The number of amides is 2. The van der Waals surface area contributed by atoms with E-state index in [1.807, 2.05) is 0 Å². The van der Waals surface area contributed by atoms with Gasteiger partial charge in [0.2, 0.25) is 17.6 Å². The van der Waals surface area contributed by atoms with E-state index >= 15 is 0 Å². The van der Waals surface area contributed by atoms with Crippen molar-refractivity contribution in [3.8, 4) is 17.2 Å². The van der Waals surface area contributed by atoms with Crippen LogP contribution in [0.5, 0.6) is 17.2 Å². The maximum atomic E-state index is 12.2. The van der Waals surface area contributed by atoms with Crippen LogP contribution in [0.15, 0.2) is 12.1 Å². The van der Waals surface area contributed by atoms with Gasteiger partial charge in [-0.1, -0.05) is 13.8 Å². The van der Waals surface area contributed by atoms with Crippen LogP contribution in [-0.2, 0) is 9.59 Å². The molecule has 1 N–H and O–H groups in total. The Morgan fingerprint density at radius 2 is 1.40 bits per heavy atom. The van der Waals surface area contributed by atoms with Gasteiger partial charge >= 0.3 is 0 Å². The molecule has 0 aromatic heterocycles. The van der Waals surface area contributed by atoms with Crippen LogP contribution in [0.25, 0.3) is 0 Å². The molecule has 0 aliphatic carbocycles. The molecular formula is C14H17NO5. The fourth-order valence-corrected chi connectivity index (χ4v) is 2.21. The Morgan fingerprint density at radius 3 is 1.75 bits per heavy atom. The van der Waals surface area contributed by atoms with Gasteiger partial charge in [-0.2, -0.15) is 0 Å². The molecular weight excluding hydrogens is 262 g/mol. The van der Waals surface area contributed by atoms with E-state index in [2.05, 4.69) is 0 Å². The Morgan fingerprint density at radius 1 is 1.00 bits per heavy atom. The number of phenolic OH excluding ortho intramolecular Hbond substituents is 1. The molecule has 1 heterocycles. The van der Waals surface area contributed by atoms with Crippen molar-refractivity contribution in [1.82, 2.24) is 0 Å². The summed E-state index contributed by atoms with van der Waals surface area (Å²) in [5, 5.41) is 9.85. The van der Waals surface area contributed by atoms with Crippen molar-refractivity contribution >= 4 is 17.5 Å². The lowest BCUT2D eigenvalue weighted by molar-refractivity contribution is -0.122. The summed E-state index contributed by atoms with van der Waals surface area (Å²) in [6.45, 7) is 3.44. The first kappa shape index (κ1) is 14.2. The van der Waals surface area contributed by atoms with Gasteiger partial charge in [-0.25, -0.2) is 4.90 Å². The Bertz CT molecular complexity index is 524. The lowest BCUT2D eigenvalue weighted by Gasteiger charge is -2.17. The second-order valence-corrected chi connectivity index (χ2v) is 4.79. The number of phenols is 1. The van der Waals surface area contributed by atoms with Gasteiger partial charge in [-0.05, 0) is 0 Å². The van der Waals surface area contributed by atoms with Gasteiger partial charge in [-0.15, -0.1) is 0 Å². The largest absolute Gasteiger partial charge is 0.502 e. The van der Waals surface area contributed by atoms with E-state index in [1.165, 1.54) is 26.4 Å². The molecule has 0 saturated carbocycles. The van der Waals surface area contributed by atoms with Crippen LogP contribution in [-0.4, -0.2) is 31.1 Å². The van der Waals surface area contributed by atoms with Crippen LogP contribution in [0.4, 0.5) is 5.69 Å². The number of carbonyl (C=O) groups is 2. The van der Waals surface area contributed by atoms with Crippen molar-refractivity contribution in [2.75, 3.05) is 19.1 Å². The first-order chi connectivity index (χ1) is 9.42. The molecule has 1 aromatic rings. The van der Waals surface area contributed by atoms with Crippen LogP contribution in [0, 0.1) is 11.8 Å². The van der Waals surface area contributed by atoms with E-state index in [9.17, 15) is 14.7 Å². The summed E-state index contributed by atoms with van der Waals surface area (Å²) in [4.78, 5) is 25.5. The third kappa shape index (κ3) is 1.97. The number of rotatable bonds is 3. The van der Waals surface area contributed by atoms with Gasteiger partial charge < -0.3 is 14.6 Å². The number of anilines is 1. The Balaban J connectivity index is 2.53. The summed E-state index contributed by atoms with van der Waals surface area (Å²) in [6.07, 6.45) is 0. The van der Waals surface area contributed by atoms with Gasteiger partial charge in [0.25, 0.3) is 0 Å². The van der Waals surface area contributed by atoms with Crippen molar-refractivity contribution in [2.45, 2.75) is 13.8 Å². The average Bonchev–Trinajstić information content (AvgIpc) is 2.64. The number of carbonyl (C=O) groups excluding carboxylic acids is 2. The predicted molar refractivity (Wildman–Crippen MR) is 72.0 cm³/mol. The van der Waals surface area contributed by atoms with Crippen LogP contribution in [0.2, 0.25) is 0 Å². The SMILES string of the molecule is COc1cc(N2C(=O)C(C)C(C)C2=O)cc(OC)c1O. The maximum absolute atomic E-state index is 12.2. The summed E-state index contributed by atoms with van der Waals surface area (Å²) >= 11 is 0. The second-order valence-electron chi connectivity index (χ2n) is 4.79. The first-order valence-electron chi connectivity index (χ1n) is 6.25. The molecule has 0 radical (unpaired) electrons. The molecule has 1 saturated heterocycles. The van der Waals surface area contributed by atoms with Crippen molar-refractivity contribution in [3.63, 3.8) is 0 Å². The normalized spacial score (nSPS) is 22.3. The molecule has 20 heavy (non-hydrogen) atoms. The molecule has 1 aliphatic rings. The van der Waals surface area contributed by atoms with Gasteiger partial charge in [0, 0.05) is 24.0 Å². The number of imide groups is 1. The Hall–Kier alpha value is -2.24. The fraction of sp³-hybridized carbons (Fsp3) is 0.429. The van der Waals surface area contributed by atoms with E-state index in [4.69, 9.17) is 9.47 Å². The molecule has 2 atom stereocenters. The summed E-state index contributed by atoms with van der Waals surface area (Å²) in [6, 6.07) is 2.89. The van der Waals surface area contributed by atoms with Crippen molar-refractivity contribution in [3.05, 3.63) is 12.1 Å². The second kappa shape index (κ2) is 5.03. The molecule has 2 unspecified atom stereocenters. The van der Waals surface area contributed by atoms with E-state index in [1.54, 1.807) is 13.8 Å². The van der Waals surface area contributed by atoms with E-state index < -0.39 is 0 Å². The highest BCUT2D eigenvalue weighted by Gasteiger charge is 2.43. The topological polar surface area (TPSA) is 76.1 Å². The maximum Gasteiger partial charge on any atom is 0.237 e. The summed E-state index contributed by atoms with van der Waals surface area (Å²) in [5.41, 5.74) is 0.336. The highest BCUT2D eigenvalue weighted by Crippen LogP contribution is 2.42. The third-order valence-electron chi connectivity index (χ3n) is 3.69. The lowest BCUT2D eigenvalue weighted by atomic mass is 10.00. The molecule has 6 nitrogen and oxygen atoms in total. The van der Waals surface area contributed by atoms with Crippen molar-refractivity contribution in [1.29, 1.82) is 0 Å². The number of nitrogens with zero attached hydrogens (tertiary/aromatic N) is 1. The fourth-order valence-electron chi connectivity index (χ4n) is 2.21. The molecule has 0 spiro atoms. The number of ether oxygens (including phenoxy) is 2. The predicted octanol–water partition coefficient (Wildman–Crippen LogP) is 1.55. The zero-order chi connectivity index (χ0) is 15.0. The molecule has 2 amide bonds. The number of hydrogen-bond acceptors (Lipinski definition) is 5. The minimum absolute atomic E-state index is 0.146. The van der Waals surface area contributed by atoms with Crippen LogP contribution in [0.1, 0.15) is 13.8 Å². The van der Waals surface area contributed by atoms with Crippen LogP contribution in [0.3, 0.4) is 0 Å². The number of hydrogen-bond donors (Lipinski definition) is 1. The summed E-state index contributed by atoms with van der Waals surface area (Å²) < 4.78 is 10.1. The lowest BCUT2D eigenvalue weighted by Crippen LogP contribution is -2.30. The standard InChI is InChI=1S/C14H17NO5/c1-7-8(2)14(18)15(13(7)17)9-5-10(19-3)12(16)11(6-9)20-4/h5-8,16H,1-4H3. The van der Waals surface area contributed by atoms with E-state index in [-0.39, 0.29) is 40.9 Å². The van der Waals surface area contributed by atoms with Gasteiger partial charge in [0.05, 0.1) is 19.9 Å². The minimum Gasteiger partial charge on any atom is -0.502 e. The van der Waals surface area contributed by atoms with Gasteiger partial charge in [-0.3, -0.25) is 9.59 Å². The molecule has 6 heteroatoms. The molecule has 2 rings (SSSR count). The smallest absolute Gasteiger partial charge is 0.237 e. The van der Waals surface area contributed by atoms with Crippen LogP contribution >= 0.6 is 0 Å².